The highest BCUT2D eigenvalue weighted by Crippen LogP contribution is 2.25. The zero-order valence-electron chi connectivity index (χ0n) is 14.2. The molecule has 1 aliphatic rings. The number of nitriles is 1. The number of ether oxygens (including phenoxy) is 1. The summed E-state index contributed by atoms with van der Waals surface area (Å²) in [7, 11) is 0. The van der Waals surface area contributed by atoms with Gasteiger partial charge in [-0.1, -0.05) is 38.0 Å². The average Bonchev–Trinajstić information content (AvgIpc) is 2.60. The zero-order valence-corrected chi connectivity index (χ0v) is 14.2. The molecule has 6 nitrogen and oxygen atoms in total. The van der Waals surface area contributed by atoms with Crippen LogP contribution >= 0.6 is 0 Å². The number of hydrogen-bond acceptors (Lipinski definition) is 5. The average molecular weight is 341 g/mol. The van der Waals surface area contributed by atoms with Crippen LogP contribution in [0, 0.1) is 17.2 Å². The molecule has 0 saturated heterocycles. The SMILES string of the molecule is C[C@H]1CCCC[C@@H]1NC(=O)/C(C#N)=C/c1ccccc1OCC(=O)[O-]. The molecule has 0 heterocycles. The van der Waals surface area contributed by atoms with Crippen molar-refractivity contribution in [1.82, 2.24) is 5.32 Å². The molecule has 0 bridgehead atoms. The third-order valence-electron chi connectivity index (χ3n) is 4.36. The Morgan fingerprint density at radius 2 is 2.08 bits per heavy atom. The summed E-state index contributed by atoms with van der Waals surface area (Å²) in [6.45, 7) is 1.50. The maximum atomic E-state index is 12.4. The van der Waals surface area contributed by atoms with Crippen LogP contribution in [0.2, 0.25) is 0 Å². The number of benzene rings is 1. The second-order valence-corrected chi connectivity index (χ2v) is 6.21. The van der Waals surface area contributed by atoms with Gasteiger partial charge in [0.25, 0.3) is 5.91 Å². The summed E-state index contributed by atoms with van der Waals surface area (Å²) in [5, 5.41) is 22.8. The predicted molar refractivity (Wildman–Crippen MR) is 90.1 cm³/mol. The molecular formula is C19H21N2O4-. The molecule has 25 heavy (non-hydrogen) atoms. The normalized spacial score (nSPS) is 20.4. The fourth-order valence-corrected chi connectivity index (χ4v) is 2.95. The van der Waals surface area contributed by atoms with E-state index < -0.39 is 18.5 Å². The molecule has 2 rings (SSSR count). The number of carboxylic acid groups (broad SMARTS) is 1. The van der Waals surface area contributed by atoms with Gasteiger partial charge in [0, 0.05) is 11.6 Å². The Hall–Kier alpha value is -2.81. The molecule has 0 aliphatic heterocycles. The molecule has 0 spiro atoms. The van der Waals surface area contributed by atoms with Crippen molar-refractivity contribution in [1.29, 1.82) is 5.26 Å². The van der Waals surface area contributed by atoms with Gasteiger partial charge in [-0.15, -0.1) is 0 Å². The molecule has 0 radical (unpaired) electrons. The molecule has 132 valence electrons. The van der Waals surface area contributed by atoms with Crippen molar-refractivity contribution in [2.24, 2.45) is 5.92 Å². The number of hydrogen-bond donors (Lipinski definition) is 1. The fraction of sp³-hybridized carbons (Fsp3) is 0.421. The second-order valence-electron chi connectivity index (χ2n) is 6.21. The van der Waals surface area contributed by atoms with Crippen molar-refractivity contribution in [2.45, 2.75) is 38.6 Å². The number of carbonyl (C=O) groups excluding carboxylic acids is 2. The third-order valence-corrected chi connectivity index (χ3v) is 4.36. The maximum absolute atomic E-state index is 12.4. The van der Waals surface area contributed by atoms with Crippen molar-refractivity contribution in [3.05, 3.63) is 35.4 Å². The summed E-state index contributed by atoms with van der Waals surface area (Å²) >= 11 is 0. The van der Waals surface area contributed by atoms with Crippen molar-refractivity contribution < 1.29 is 19.4 Å². The summed E-state index contributed by atoms with van der Waals surface area (Å²) < 4.78 is 5.14. The smallest absolute Gasteiger partial charge is 0.262 e. The first-order chi connectivity index (χ1) is 12.0. The van der Waals surface area contributed by atoms with Crippen molar-refractivity contribution >= 4 is 18.0 Å². The molecule has 1 N–H and O–H groups in total. The minimum absolute atomic E-state index is 0.0396. The van der Waals surface area contributed by atoms with E-state index in [-0.39, 0.29) is 17.4 Å². The van der Waals surface area contributed by atoms with Crippen LogP contribution in [0.3, 0.4) is 0 Å². The van der Waals surface area contributed by atoms with Crippen LogP contribution in [-0.2, 0) is 9.59 Å². The highest BCUT2D eigenvalue weighted by atomic mass is 16.5. The van der Waals surface area contributed by atoms with Gasteiger partial charge in [-0.3, -0.25) is 4.79 Å². The number of nitrogens with one attached hydrogen (secondary N) is 1. The molecule has 0 aromatic heterocycles. The number of carboxylic acids is 1. The van der Waals surface area contributed by atoms with Gasteiger partial charge in [0.2, 0.25) is 0 Å². The molecule has 1 aromatic carbocycles. The lowest BCUT2D eigenvalue weighted by atomic mass is 9.86. The topological polar surface area (TPSA) is 102 Å². The van der Waals surface area contributed by atoms with Crippen molar-refractivity contribution in [3.63, 3.8) is 0 Å². The predicted octanol–water partition coefficient (Wildman–Crippen LogP) is 1.42. The minimum atomic E-state index is -1.34. The summed E-state index contributed by atoms with van der Waals surface area (Å²) in [5.41, 5.74) is 0.425. The first kappa shape index (κ1) is 18.5. The van der Waals surface area contributed by atoms with Crippen LogP contribution in [0.4, 0.5) is 0 Å². The van der Waals surface area contributed by atoms with Gasteiger partial charge in [0.05, 0.1) is 5.97 Å². The molecule has 0 unspecified atom stereocenters. The van der Waals surface area contributed by atoms with Gasteiger partial charge < -0.3 is 20.0 Å². The third kappa shape index (κ3) is 5.35. The highest BCUT2D eigenvalue weighted by molar-refractivity contribution is 6.02. The molecule has 1 aliphatic carbocycles. The summed E-state index contributed by atoms with van der Waals surface area (Å²) in [6, 6.07) is 8.60. The molecule has 2 atom stereocenters. The van der Waals surface area contributed by atoms with Crippen molar-refractivity contribution in [3.8, 4) is 11.8 Å². The van der Waals surface area contributed by atoms with Crippen LogP contribution < -0.4 is 15.2 Å². The maximum Gasteiger partial charge on any atom is 0.262 e. The van der Waals surface area contributed by atoms with Gasteiger partial charge in [0.15, 0.2) is 0 Å². The fourth-order valence-electron chi connectivity index (χ4n) is 2.95. The lowest BCUT2D eigenvalue weighted by Gasteiger charge is -2.29. The lowest BCUT2D eigenvalue weighted by molar-refractivity contribution is -0.307. The van der Waals surface area contributed by atoms with Crippen LogP contribution in [0.5, 0.6) is 5.75 Å². The van der Waals surface area contributed by atoms with E-state index >= 15 is 0 Å². The number of amides is 1. The summed E-state index contributed by atoms with van der Waals surface area (Å²) in [6.07, 6.45) is 5.62. The minimum Gasteiger partial charge on any atom is -0.546 e. The van der Waals surface area contributed by atoms with E-state index in [0.717, 1.165) is 25.7 Å². The molecule has 1 aromatic rings. The van der Waals surface area contributed by atoms with Crippen LogP contribution in [0.15, 0.2) is 29.8 Å². The Labute approximate surface area is 147 Å². The van der Waals surface area contributed by atoms with E-state index in [0.29, 0.717) is 11.5 Å². The van der Waals surface area contributed by atoms with E-state index in [9.17, 15) is 20.0 Å². The molecule has 1 amide bonds. The number of rotatable bonds is 6. The second kappa shape index (κ2) is 8.88. The first-order valence-electron chi connectivity index (χ1n) is 8.35. The first-order valence-corrected chi connectivity index (χ1v) is 8.35. The van der Waals surface area contributed by atoms with Gasteiger partial charge in [0.1, 0.15) is 24.0 Å². The number of aliphatic carboxylic acids is 1. The quantitative estimate of drug-likeness (QED) is 0.623. The van der Waals surface area contributed by atoms with Crippen LogP contribution in [0.1, 0.15) is 38.2 Å². The molecular weight excluding hydrogens is 320 g/mol. The Bertz CT molecular complexity index is 706. The largest absolute Gasteiger partial charge is 0.546 e. The van der Waals surface area contributed by atoms with Gasteiger partial charge >= 0.3 is 0 Å². The van der Waals surface area contributed by atoms with Crippen molar-refractivity contribution in [2.75, 3.05) is 6.61 Å². The number of nitrogens with zero attached hydrogens (tertiary/aromatic N) is 1. The monoisotopic (exact) mass is 341 g/mol. The van der Waals surface area contributed by atoms with E-state index in [1.54, 1.807) is 24.3 Å². The molecule has 6 heteroatoms. The zero-order chi connectivity index (χ0) is 18.2. The molecule has 1 fully saturated rings. The highest BCUT2D eigenvalue weighted by Gasteiger charge is 2.24. The summed E-state index contributed by atoms with van der Waals surface area (Å²) in [5.74, 6) is -1.10. The van der Waals surface area contributed by atoms with E-state index in [4.69, 9.17) is 4.74 Å². The van der Waals surface area contributed by atoms with Crippen LogP contribution in [-0.4, -0.2) is 24.5 Å². The lowest BCUT2D eigenvalue weighted by Crippen LogP contribution is -2.41. The van der Waals surface area contributed by atoms with E-state index in [1.807, 2.05) is 6.07 Å². The Balaban J connectivity index is 2.15. The Morgan fingerprint density at radius 1 is 1.36 bits per heavy atom. The van der Waals surface area contributed by atoms with Gasteiger partial charge in [-0.25, -0.2) is 0 Å². The summed E-state index contributed by atoms with van der Waals surface area (Å²) in [4.78, 5) is 23.0. The standard InChI is InChI=1S/C19H22N2O4/c1-13-6-2-4-8-16(13)21-19(24)15(11-20)10-14-7-3-5-9-17(14)25-12-18(22)23/h3,5,7,9-10,13,16H,2,4,6,8,12H2,1H3,(H,21,24)(H,22,23)/p-1/b15-10+/t13-,16-/m0/s1. The van der Waals surface area contributed by atoms with E-state index in [2.05, 4.69) is 12.2 Å². The Kier molecular flexibility index (Phi) is 6.58. The Morgan fingerprint density at radius 3 is 2.76 bits per heavy atom. The molecule has 1 saturated carbocycles. The van der Waals surface area contributed by atoms with E-state index in [1.165, 1.54) is 6.08 Å². The number of para-hydroxylation sites is 1. The van der Waals surface area contributed by atoms with Gasteiger partial charge in [-0.2, -0.15) is 5.26 Å². The van der Waals surface area contributed by atoms with Crippen LogP contribution in [0.25, 0.3) is 6.08 Å². The number of carbonyl (C=O) groups is 2. The van der Waals surface area contributed by atoms with Gasteiger partial charge in [-0.05, 0) is 30.9 Å².